The number of aromatic nitrogens is 1. The number of ether oxygens (including phenoxy) is 1. The minimum absolute atomic E-state index is 0.156. The molecule has 3 aromatic carbocycles. The number of rotatable bonds is 2. The molecule has 0 N–H and O–H groups in total. The van der Waals surface area contributed by atoms with Gasteiger partial charge < -0.3 is 4.74 Å². The van der Waals surface area contributed by atoms with E-state index in [1.807, 2.05) is 48.5 Å². The lowest BCUT2D eigenvalue weighted by atomic mass is 10.1. The normalized spacial score (nSPS) is 10.8. The number of esters is 1. The van der Waals surface area contributed by atoms with Gasteiger partial charge >= 0.3 is 5.97 Å². The molecular formula is C22H15NO3. The standard InChI is InChI=1S/C22H15NO3/c1-26-22(25)16-8-7-15-9-10-20-19(21(24)18(15)11-16)12-17(13-23-20)14-5-3-2-4-6-14/h2-13H,1H3. The number of carbonyl (C=O) groups excluding carboxylic acids is 1. The first-order valence-electron chi connectivity index (χ1n) is 8.18. The van der Waals surface area contributed by atoms with Crippen LogP contribution in [0.2, 0.25) is 0 Å². The second-order valence-corrected chi connectivity index (χ2v) is 5.98. The molecule has 0 saturated carbocycles. The number of methoxy groups -OCH3 is 1. The van der Waals surface area contributed by atoms with Gasteiger partial charge in [0.25, 0.3) is 0 Å². The maximum atomic E-state index is 13.1. The summed E-state index contributed by atoms with van der Waals surface area (Å²) in [5.74, 6) is -0.467. The third-order valence-corrected chi connectivity index (χ3v) is 4.41. The smallest absolute Gasteiger partial charge is 0.337 e. The monoisotopic (exact) mass is 341 g/mol. The van der Waals surface area contributed by atoms with Crippen molar-refractivity contribution in [1.29, 1.82) is 0 Å². The molecule has 0 spiro atoms. The molecule has 4 nitrogen and oxygen atoms in total. The molecule has 0 fully saturated rings. The van der Waals surface area contributed by atoms with E-state index in [0.717, 1.165) is 16.5 Å². The van der Waals surface area contributed by atoms with Crippen LogP contribution in [0.5, 0.6) is 0 Å². The van der Waals surface area contributed by atoms with Gasteiger partial charge in [-0.2, -0.15) is 0 Å². The molecule has 0 amide bonds. The van der Waals surface area contributed by atoms with E-state index in [9.17, 15) is 9.59 Å². The van der Waals surface area contributed by atoms with Crippen LogP contribution in [0.4, 0.5) is 0 Å². The molecule has 1 heterocycles. The Labute approximate surface area is 149 Å². The van der Waals surface area contributed by atoms with Crippen molar-refractivity contribution >= 4 is 27.6 Å². The van der Waals surface area contributed by atoms with E-state index in [-0.39, 0.29) is 5.43 Å². The number of hydrogen-bond acceptors (Lipinski definition) is 4. The molecule has 0 aliphatic rings. The fraction of sp³-hybridized carbons (Fsp3) is 0.0455. The summed E-state index contributed by atoms with van der Waals surface area (Å²) >= 11 is 0. The van der Waals surface area contributed by atoms with Crippen molar-refractivity contribution in [2.75, 3.05) is 7.11 Å². The highest BCUT2D eigenvalue weighted by molar-refractivity contribution is 5.98. The van der Waals surface area contributed by atoms with E-state index in [2.05, 4.69) is 4.98 Å². The van der Waals surface area contributed by atoms with Crippen molar-refractivity contribution < 1.29 is 9.53 Å². The first-order valence-corrected chi connectivity index (χ1v) is 8.18. The van der Waals surface area contributed by atoms with Gasteiger partial charge in [0, 0.05) is 22.5 Å². The summed E-state index contributed by atoms with van der Waals surface area (Å²) in [5, 5.41) is 1.74. The average Bonchev–Trinajstić information content (AvgIpc) is 2.84. The molecule has 0 saturated heterocycles. The molecule has 26 heavy (non-hydrogen) atoms. The Hall–Kier alpha value is -3.53. The van der Waals surface area contributed by atoms with Crippen LogP contribution in [0, 0.1) is 0 Å². The van der Waals surface area contributed by atoms with Crippen molar-refractivity contribution in [1.82, 2.24) is 4.98 Å². The van der Waals surface area contributed by atoms with Crippen molar-refractivity contribution in [2.45, 2.75) is 0 Å². The lowest BCUT2D eigenvalue weighted by molar-refractivity contribution is 0.0601. The number of carbonyl (C=O) groups is 1. The summed E-state index contributed by atoms with van der Waals surface area (Å²) in [6.45, 7) is 0. The Balaban J connectivity index is 2.03. The van der Waals surface area contributed by atoms with Crippen molar-refractivity contribution in [3.8, 4) is 11.1 Å². The topological polar surface area (TPSA) is 56.3 Å². The van der Waals surface area contributed by atoms with E-state index in [1.165, 1.54) is 7.11 Å². The summed E-state index contributed by atoms with van der Waals surface area (Å²) in [7, 11) is 1.32. The number of benzene rings is 2. The van der Waals surface area contributed by atoms with E-state index in [4.69, 9.17) is 4.74 Å². The van der Waals surface area contributed by atoms with E-state index < -0.39 is 5.97 Å². The lowest BCUT2D eigenvalue weighted by Gasteiger charge is -2.02. The summed E-state index contributed by atoms with van der Waals surface area (Å²) in [6, 6.07) is 20.3. The third-order valence-electron chi connectivity index (χ3n) is 4.41. The van der Waals surface area contributed by atoms with Crippen LogP contribution < -0.4 is 5.43 Å². The number of pyridine rings is 1. The van der Waals surface area contributed by atoms with E-state index in [0.29, 0.717) is 21.9 Å². The Morgan fingerprint density at radius 3 is 2.42 bits per heavy atom. The third kappa shape index (κ3) is 2.71. The van der Waals surface area contributed by atoms with Gasteiger partial charge in [-0.05, 0) is 35.2 Å². The fourth-order valence-electron chi connectivity index (χ4n) is 3.04. The molecule has 0 bridgehead atoms. The molecule has 0 radical (unpaired) electrons. The van der Waals surface area contributed by atoms with Crippen LogP contribution >= 0.6 is 0 Å². The first kappa shape index (κ1) is 16.0. The van der Waals surface area contributed by atoms with Gasteiger partial charge in [-0.1, -0.05) is 42.5 Å². The molecule has 126 valence electrons. The van der Waals surface area contributed by atoms with Gasteiger partial charge in [-0.15, -0.1) is 0 Å². The van der Waals surface area contributed by atoms with E-state index in [1.54, 1.807) is 24.4 Å². The molecule has 1 aromatic heterocycles. The summed E-state index contributed by atoms with van der Waals surface area (Å²) in [4.78, 5) is 29.4. The van der Waals surface area contributed by atoms with Crippen molar-refractivity contribution in [2.24, 2.45) is 0 Å². The number of hydrogen-bond donors (Lipinski definition) is 0. The second kappa shape index (κ2) is 6.41. The molecule has 4 rings (SSSR count). The van der Waals surface area contributed by atoms with E-state index >= 15 is 0 Å². The lowest BCUT2D eigenvalue weighted by Crippen LogP contribution is -2.04. The van der Waals surface area contributed by atoms with Crippen LogP contribution in [0.15, 0.2) is 77.7 Å². The first-order chi connectivity index (χ1) is 12.7. The van der Waals surface area contributed by atoms with Crippen molar-refractivity contribution in [3.05, 3.63) is 88.7 Å². The highest BCUT2D eigenvalue weighted by Gasteiger charge is 2.10. The quantitative estimate of drug-likeness (QED) is 0.513. The summed E-state index contributed by atoms with van der Waals surface area (Å²) in [6.07, 6.45) is 1.77. The maximum Gasteiger partial charge on any atom is 0.337 e. The van der Waals surface area contributed by atoms with Crippen LogP contribution in [0.1, 0.15) is 10.4 Å². The Morgan fingerprint density at radius 2 is 1.65 bits per heavy atom. The molecule has 0 aliphatic carbocycles. The van der Waals surface area contributed by atoms with Gasteiger partial charge in [-0.3, -0.25) is 9.78 Å². The zero-order valence-corrected chi connectivity index (χ0v) is 14.1. The zero-order valence-electron chi connectivity index (χ0n) is 14.1. The number of fused-ring (bicyclic) bond motifs is 2. The van der Waals surface area contributed by atoms with Crippen molar-refractivity contribution in [3.63, 3.8) is 0 Å². The fourth-order valence-corrected chi connectivity index (χ4v) is 3.04. The van der Waals surface area contributed by atoms with Crippen LogP contribution in [0.3, 0.4) is 0 Å². The van der Waals surface area contributed by atoms with Crippen LogP contribution in [0.25, 0.3) is 32.8 Å². The van der Waals surface area contributed by atoms with Crippen LogP contribution in [-0.2, 0) is 4.74 Å². The van der Waals surface area contributed by atoms with Gasteiger partial charge in [0.1, 0.15) is 0 Å². The highest BCUT2D eigenvalue weighted by atomic mass is 16.5. The molecule has 0 atom stereocenters. The summed E-state index contributed by atoms with van der Waals surface area (Å²) < 4.78 is 4.76. The highest BCUT2D eigenvalue weighted by Crippen LogP contribution is 2.22. The minimum Gasteiger partial charge on any atom is -0.465 e. The molecule has 4 heteroatoms. The van der Waals surface area contributed by atoms with Gasteiger partial charge in [0.05, 0.1) is 18.2 Å². The Kier molecular flexibility index (Phi) is 3.93. The Morgan fingerprint density at radius 1 is 0.885 bits per heavy atom. The maximum absolute atomic E-state index is 13.1. The molecule has 0 unspecified atom stereocenters. The summed E-state index contributed by atoms with van der Waals surface area (Å²) in [5.41, 5.74) is 2.68. The van der Waals surface area contributed by atoms with Gasteiger partial charge in [0.2, 0.25) is 0 Å². The second-order valence-electron chi connectivity index (χ2n) is 5.98. The predicted octanol–water partition coefficient (Wildman–Crippen LogP) is 4.20. The minimum atomic E-state index is -0.467. The molecule has 4 aromatic rings. The predicted molar refractivity (Wildman–Crippen MR) is 102 cm³/mol. The number of nitrogens with zero attached hydrogens (tertiary/aromatic N) is 1. The largest absolute Gasteiger partial charge is 0.465 e. The average molecular weight is 341 g/mol. The van der Waals surface area contributed by atoms with Gasteiger partial charge in [0.15, 0.2) is 5.43 Å². The molecule has 0 aliphatic heterocycles. The van der Waals surface area contributed by atoms with Gasteiger partial charge in [-0.25, -0.2) is 4.79 Å². The molecular weight excluding hydrogens is 326 g/mol. The Bertz CT molecular complexity index is 1200. The zero-order chi connectivity index (χ0) is 18.1. The van der Waals surface area contributed by atoms with Crippen LogP contribution in [-0.4, -0.2) is 18.1 Å². The SMILES string of the molecule is COC(=O)c1ccc2ccc3ncc(-c4ccccc4)cc3c(=O)c2c1.